The summed E-state index contributed by atoms with van der Waals surface area (Å²) in [7, 11) is 2.98. The number of carbonyl (C=O) groups is 3. The molecule has 0 bridgehead atoms. The molecule has 0 fully saturated rings. The van der Waals surface area contributed by atoms with E-state index in [4.69, 9.17) is 0 Å². The molecule has 0 unspecified atom stereocenters. The predicted octanol–water partition coefficient (Wildman–Crippen LogP) is 1.07. The highest BCUT2D eigenvalue weighted by Gasteiger charge is 2.30. The molecule has 0 saturated heterocycles. The van der Waals surface area contributed by atoms with E-state index in [0.717, 1.165) is 24.3 Å². The monoisotopic (exact) mass is 332 g/mol. The molecule has 9 heteroatoms. The Bertz CT molecular complexity index is 583. The van der Waals surface area contributed by atoms with Crippen molar-refractivity contribution < 1.29 is 32.3 Å². The number of amides is 2. The van der Waals surface area contributed by atoms with Crippen LogP contribution in [0.5, 0.6) is 0 Å². The summed E-state index contributed by atoms with van der Waals surface area (Å²) < 4.78 is 41.8. The van der Waals surface area contributed by atoms with Crippen molar-refractivity contribution in [2.24, 2.45) is 0 Å². The van der Waals surface area contributed by atoms with Gasteiger partial charge in [-0.1, -0.05) is 0 Å². The van der Waals surface area contributed by atoms with Gasteiger partial charge in [-0.3, -0.25) is 14.4 Å². The van der Waals surface area contributed by atoms with Gasteiger partial charge in [0.15, 0.2) is 6.61 Å². The van der Waals surface area contributed by atoms with Gasteiger partial charge in [-0.15, -0.1) is 0 Å². The van der Waals surface area contributed by atoms with Gasteiger partial charge in [0.2, 0.25) is 0 Å². The molecule has 0 aromatic heterocycles. The quantitative estimate of drug-likeness (QED) is 0.819. The fourth-order valence-corrected chi connectivity index (χ4v) is 1.39. The van der Waals surface area contributed by atoms with Crippen molar-refractivity contribution in [1.82, 2.24) is 10.2 Å². The highest BCUT2D eigenvalue weighted by molar-refractivity contribution is 5.96. The van der Waals surface area contributed by atoms with Crippen molar-refractivity contribution in [2.75, 3.05) is 27.2 Å². The van der Waals surface area contributed by atoms with Gasteiger partial charge in [0.25, 0.3) is 11.8 Å². The normalized spacial score (nSPS) is 10.8. The molecule has 0 aliphatic carbocycles. The number of nitrogens with one attached hydrogen (secondary N) is 1. The molecule has 1 aromatic carbocycles. The lowest BCUT2D eigenvalue weighted by Crippen LogP contribution is -2.33. The molecule has 1 rings (SSSR count). The van der Waals surface area contributed by atoms with Gasteiger partial charge in [-0.2, -0.15) is 13.2 Å². The average Bonchev–Trinajstić information content (AvgIpc) is 2.49. The van der Waals surface area contributed by atoms with Crippen LogP contribution in [-0.4, -0.2) is 49.9 Å². The van der Waals surface area contributed by atoms with E-state index in [-0.39, 0.29) is 5.56 Å². The average molecular weight is 332 g/mol. The number of esters is 1. The lowest BCUT2D eigenvalue weighted by molar-refractivity contribution is -0.150. The zero-order chi connectivity index (χ0) is 17.6. The van der Waals surface area contributed by atoms with Crippen molar-refractivity contribution in [3.63, 3.8) is 0 Å². The molecule has 0 spiro atoms. The number of carbonyl (C=O) groups excluding carboxylic acids is 3. The molecule has 2 amide bonds. The Morgan fingerprint density at radius 1 is 1.13 bits per heavy atom. The van der Waals surface area contributed by atoms with Crippen molar-refractivity contribution >= 4 is 17.8 Å². The summed E-state index contributed by atoms with van der Waals surface area (Å²) >= 11 is 0. The summed E-state index contributed by atoms with van der Waals surface area (Å²) in [5.74, 6) is -1.98. The summed E-state index contributed by atoms with van der Waals surface area (Å²) in [6, 6.07) is 3.53. The number of nitrogens with zero attached hydrogens (tertiary/aromatic N) is 1. The van der Waals surface area contributed by atoms with Crippen LogP contribution < -0.4 is 5.32 Å². The molecular formula is C14H15F3N2O4. The van der Waals surface area contributed by atoms with Crippen LogP contribution in [0.4, 0.5) is 13.2 Å². The van der Waals surface area contributed by atoms with Crippen LogP contribution >= 0.6 is 0 Å². The number of likely N-dealkylation sites (N-methyl/N-ethyl adjacent to an activating group) is 1. The standard InChI is InChI=1S/C14H15F3N2O4/c1-19(2)11(20)8-23-12(21)7-18-13(22)9-3-5-10(6-4-9)14(15,16)17/h3-6H,7-8H2,1-2H3,(H,18,22). The predicted molar refractivity (Wildman–Crippen MR) is 73.4 cm³/mol. The fourth-order valence-electron chi connectivity index (χ4n) is 1.39. The van der Waals surface area contributed by atoms with Crippen molar-refractivity contribution in [3.8, 4) is 0 Å². The van der Waals surface area contributed by atoms with Crippen LogP contribution in [0, 0.1) is 0 Å². The summed E-state index contributed by atoms with van der Waals surface area (Å²) in [5.41, 5.74) is -0.911. The lowest BCUT2D eigenvalue weighted by Gasteiger charge is -2.11. The van der Waals surface area contributed by atoms with Gasteiger partial charge in [0, 0.05) is 19.7 Å². The topological polar surface area (TPSA) is 75.7 Å². The third-order valence-corrected chi connectivity index (χ3v) is 2.72. The second-order valence-electron chi connectivity index (χ2n) is 4.71. The van der Waals surface area contributed by atoms with Crippen LogP contribution in [0.1, 0.15) is 15.9 Å². The zero-order valence-electron chi connectivity index (χ0n) is 12.4. The van der Waals surface area contributed by atoms with E-state index in [0.29, 0.717) is 0 Å². The van der Waals surface area contributed by atoms with E-state index >= 15 is 0 Å². The molecule has 0 aliphatic heterocycles. The van der Waals surface area contributed by atoms with Crippen LogP contribution in [0.15, 0.2) is 24.3 Å². The highest BCUT2D eigenvalue weighted by Crippen LogP contribution is 2.28. The summed E-state index contributed by atoms with van der Waals surface area (Å²) in [5, 5.41) is 2.19. The van der Waals surface area contributed by atoms with Crippen molar-refractivity contribution in [2.45, 2.75) is 6.18 Å². The highest BCUT2D eigenvalue weighted by atomic mass is 19.4. The Balaban J connectivity index is 2.47. The summed E-state index contributed by atoms with van der Waals surface area (Å²) in [6.45, 7) is -0.956. The Kier molecular flexibility index (Phi) is 6.11. The minimum absolute atomic E-state index is 0.0323. The van der Waals surface area contributed by atoms with E-state index in [2.05, 4.69) is 10.1 Å². The van der Waals surface area contributed by atoms with Gasteiger partial charge >= 0.3 is 12.1 Å². The molecule has 0 heterocycles. The Morgan fingerprint density at radius 2 is 1.70 bits per heavy atom. The molecule has 1 aromatic rings. The van der Waals surface area contributed by atoms with E-state index in [1.165, 1.54) is 19.0 Å². The van der Waals surface area contributed by atoms with E-state index < -0.39 is 42.7 Å². The van der Waals surface area contributed by atoms with Crippen LogP contribution in [-0.2, 0) is 20.5 Å². The SMILES string of the molecule is CN(C)C(=O)COC(=O)CNC(=O)c1ccc(C(F)(F)F)cc1. The molecule has 23 heavy (non-hydrogen) atoms. The Morgan fingerprint density at radius 3 is 2.17 bits per heavy atom. The second-order valence-corrected chi connectivity index (χ2v) is 4.71. The number of ether oxygens (including phenoxy) is 1. The maximum atomic E-state index is 12.4. The third-order valence-electron chi connectivity index (χ3n) is 2.72. The largest absolute Gasteiger partial charge is 0.454 e. The van der Waals surface area contributed by atoms with Crippen LogP contribution in [0.2, 0.25) is 0 Å². The molecule has 0 aliphatic rings. The second kappa shape index (κ2) is 7.61. The van der Waals surface area contributed by atoms with Gasteiger partial charge in [-0.25, -0.2) is 0 Å². The van der Waals surface area contributed by atoms with Crippen LogP contribution in [0.3, 0.4) is 0 Å². The molecular weight excluding hydrogens is 317 g/mol. The van der Waals surface area contributed by atoms with Gasteiger partial charge in [-0.05, 0) is 24.3 Å². The van der Waals surface area contributed by atoms with Gasteiger partial charge < -0.3 is 15.0 Å². The molecule has 0 saturated carbocycles. The summed E-state index contributed by atoms with van der Waals surface area (Å²) in [4.78, 5) is 35.4. The lowest BCUT2D eigenvalue weighted by atomic mass is 10.1. The number of hydrogen-bond acceptors (Lipinski definition) is 4. The van der Waals surface area contributed by atoms with E-state index in [1.807, 2.05) is 0 Å². The minimum atomic E-state index is -4.49. The van der Waals surface area contributed by atoms with Crippen molar-refractivity contribution in [1.29, 1.82) is 0 Å². The minimum Gasteiger partial charge on any atom is -0.454 e. The van der Waals surface area contributed by atoms with Gasteiger partial charge in [0.05, 0.1) is 5.56 Å². The first-order valence-electron chi connectivity index (χ1n) is 6.42. The maximum Gasteiger partial charge on any atom is 0.416 e. The first-order chi connectivity index (χ1) is 10.6. The van der Waals surface area contributed by atoms with E-state index in [9.17, 15) is 27.6 Å². The third kappa shape index (κ3) is 5.97. The zero-order valence-corrected chi connectivity index (χ0v) is 12.4. The number of alkyl halides is 3. The Labute approximate surface area is 130 Å². The summed E-state index contributed by atoms with van der Waals surface area (Å²) in [6.07, 6.45) is -4.49. The number of benzene rings is 1. The number of rotatable bonds is 5. The Hall–Kier alpha value is -2.58. The van der Waals surface area contributed by atoms with Crippen molar-refractivity contribution in [3.05, 3.63) is 35.4 Å². The van der Waals surface area contributed by atoms with Gasteiger partial charge in [0.1, 0.15) is 6.54 Å². The molecule has 0 radical (unpaired) electrons. The molecule has 126 valence electrons. The molecule has 0 atom stereocenters. The fraction of sp³-hybridized carbons (Fsp3) is 0.357. The number of hydrogen-bond donors (Lipinski definition) is 1. The number of halogens is 3. The van der Waals surface area contributed by atoms with Crippen LogP contribution in [0.25, 0.3) is 0 Å². The molecule has 6 nitrogen and oxygen atoms in total. The first kappa shape index (κ1) is 18.5. The van der Waals surface area contributed by atoms with E-state index in [1.54, 1.807) is 0 Å². The maximum absolute atomic E-state index is 12.4. The smallest absolute Gasteiger partial charge is 0.416 e. The first-order valence-corrected chi connectivity index (χ1v) is 6.42. The molecule has 1 N–H and O–H groups in total.